The van der Waals surface area contributed by atoms with Crippen LogP contribution in [0.4, 0.5) is 4.79 Å². The van der Waals surface area contributed by atoms with Crippen molar-refractivity contribution in [3.05, 3.63) is 0 Å². The van der Waals surface area contributed by atoms with Gasteiger partial charge < -0.3 is 14.5 Å². The van der Waals surface area contributed by atoms with Crippen LogP contribution in [0, 0.1) is 5.92 Å². The summed E-state index contributed by atoms with van der Waals surface area (Å²) < 4.78 is 5.30. The average molecular weight is 228 g/mol. The lowest BCUT2D eigenvalue weighted by molar-refractivity contribution is -0.0128. The fraction of sp³-hybridized carbons (Fsp3) is 0.917. The molecule has 0 aliphatic carbocycles. The number of nitrogens with zero attached hydrogens (tertiary/aromatic N) is 2. The van der Waals surface area contributed by atoms with E-state index < -0.39 is 5.60 Å². The Labute approximate surface area is 98.5 Å². The second kappa shape index (κ2) is 4.62. The van der Waals surface area contributed by atoms with Gasteiger partial charge in [0.05, 0.1) is 0 Å². The summed E-state index contributed by atoms with van der Waals surface area (Å²) in [5.41, 5.74) is -0.394. The van der Waals surface area contributed by atoms with Gasteiger partial charge in [-0.25, -0.2) is 4.79 Å². The van der Waals surface area contributed by atoms with E-state index in [0.717, 1.165) is 13.1 Å². The van der Waals surface area contributed by atoms with Gasteiger partial charge in [-0.2, -0.15) is 0 Å². The third kappa shape index (κ3) is 3.37. The minimum Gasteiger partial charge on any atom is -0.444 e. The Balaban J connectivity index is 2.33. The molecule has 0 unspecified atom stereocenters. The van der Waals surface area contributed by atoms with Gasteiger partial charge in [-0.15, -0.1) is 0 Å². The van der Waals surface area contributed by atoms with Gasteiger partial charge in [0.1, 0.15) is 5.60 Å². The lowest BCUT2D eigenvalue weighted by Crippen LogP contribution is -2.57. The van der Waals surface area contributed by atoms with Crippen molar-refractivity contribution in [2.75, 3.05) is 27.2 Å². The second-order valence-corrected chi connectivity index (χ2v) is 5.85. The molecule has 1 atom stereocenters. The SMILES string of the molecule is C[C@@H](C1CN(C(=O)OC(C)(C)C)C1)N(C)C. The Kier molecular flexibility index (Phi) is 3.84. The van der Waals surface area contributed by atoms with E-state index in [1.165, 1.54) is 0 Å². The van der Waals surface area contributed by atoms with Crippen molar-refractivity contribution in [2.24, 2.45) is 5.92 Å². The zero-order valence-electron chi connectivity index (χ0n) is 11.3. The molecule has 1 rings (SSSR count). The van der Waals surface area contributed by atoms with Crippen LogP contribution in [0.2, 0.25) is 0 Å². The number of carbonyl (C=O) groups excluding carboxylic acids is 1. The lowest BCUT2D eigenvalue weighted by atomic mass is 9.92. The summed E-state index contributed by atoms with van der Waals surface area (Å²) in [6.07, 6.45) is -0.185. The zero-order valence-corrected chi connectivity index (χ0v) is 11.3. The van der Waals surface area contributed by atoms with E-state index >= 15 is 0 Å². The highest BCUT2D eigenvalue weighted by molar-refractivity contribution is 5.69. The van der Waals surface area contributed by atoms with E-state index in [9.17, 15) is 4.79 Å². The molecule has 0 bridgehead atoms. The summed E-state index contributed by atoms with van der Waals surface area (Å²) in [4.78, 5) is 15.6. The topological polar surface area (TPSA) is 32.8 Å². The first-order valence-electron chi connectivity index (χ1n) is 5.85. The van der Waals surface area contributed by atoms with E-state index in [1.807, 2.05) is 20.8 Å². The van der Waals surface area contributed by atoms with Crippen molar-refractivity contribution < 1.29 is 9.53 Å². The number of hydrogen-bond acceptors (Lipinski definition) is 3. The third-order valence-corrected chi connectivity index (χ3v) is 3.06. The number of amides is 1. The van der Waals surface area contributed by atoms with Gasteiger partial charge in [-0.3, -0.25) is 0 Å². The molecule has 0 aromatic rings. The molecule has 4 heteroatoms. The predicted molar refractivity (Wildman–Crippen MR) is 64.4 cm³/mol. The first-order chi connectivity index (χ1) is 7.20. The Morgan fingerprint density at radius 1 is 1.38 bits per heavy atom. The maximum Gasteiger partial charge on any atom is 0.410 e. The molecule has 1 aliphatic rings. The van der Waals surface area contributed by atoms with Gasteiger partial charge in [0.25, 0.3) is 0 Å². The molecule has 0 radical (unpaired) electrons. The van der Waals surface area contributed by atoms with Gasteiger partial charge in [0.15, 0.2) is 0 Å². The third-order valence-electron chi connectivity index (χ3n) is 3.06. The molecule has 16 heavy (non-hydrogen) atoms. The second-order valence-electron chi connectivity index (χ2n) is 5.85. The monoisotopic (exact) mass is 228 g/mol. The molecule has 0 spiro atoms. The molecule has 94 valence electrons. The Bertz CT molecular complexity index is 252. The average Bonchev–Trinajstić information content (AvgIpc) is 1.96. The van der Waals surface area contributed by atoms with Gasteiger partial charge in [0, 0.05) is 25.0 Å². The Morgan fingerprint density at radius 3 is 2.25 bits per heavy atom. The van der Waals surface area contributed by atoms with Gasteiger partial charge in [-0.1, -0.05) is 0 Å². The molecular weight excluding hydrogens is 204 g/mol. The number of hydrogen-bond donors (Lipinski definition) is 0. The van der Waals surface area contributed by atoms with Crippen molar-refractivity contribution in [1.82, 2.24) is 9.80 Å². The van der Waals surface area contributed by atoms with Crippen molar-refractivity contribution >= 4 is 6.09 Å². The van der Waals surface area contributed by atoms with Crippen LogP contribution >= 0.6 is 0 Å². The van der Waals surface area contributed by atoms with Crippen LogP contribution in [0.25, 0.3) is 0 Å². The molecule has 1 aliphatic heterocycles. The van der Waals surface area contributed by atoms with E-state index in [1.54, 1.807) is 4.90 Å². The van der Waals surface area contributed by atoms with Crippen LogP contribution in [0.3, 0.4) is 0 Å². The van der Waals surface area contributed by atoms with Gasteiger partial charge in [-0.05, 0) is 41.8 Å². The fourth-order valence-corrected chi connectivity index (χ4v) is 1.71. The minimum atomic E-state index is -0.394. The fourth-order valence-electron chi connectivity index (χ4n) is 1.71. The van der Waals surface area contributed by atoms with E-state index in [2.05, 4.69) is 25.9 Å². The van der Waals surface area contributed by atoms with Crippen molar-refractivity contribution in [3.8, 4) is 0 Å². The molecule has 1 amide bonds. The number of likely N-dealkylation sites (tertiary alicyclic amines) is 1. The Hall–Kier alpha value is -0.770. The highest BCUT2D eigenvalue weighted by atomic mass is 16.6. The first kappa shape index (κ1) is 13.3. The smallest absolute Gasteiger partial charge is 0.410 e. The molecule has 4 nitrogen and oxygen atoms in total. The van der Waals surface area contributed by atoms with Crippen molar-refractivity contribution in [3.63, 3.8) is 0 Å². The molecule has 0 N–H and O–H groups in total. The van der Waals surface area contributed by atoms with Crippen molar-refractivity contribution in [2.45, 2.75) is 39.3 Å². The summed E-state index contributed by atoms with van der Waals surface area (Å²) >= 11 is 0. The van der Waals surface area contributed by atoms with Crippen LogP contribution in [-0.2, 0) is 4.74 Å². The number of carbonyl (C=O) groups is 1. The zero-order chi connectivity index (χ0) is 12.5. The summed E-state index contributed by atoms with van der Waals surface area (Å²) in [6, 6.07) is 0.513. The minimum absolute atomic E-state index is 0.185. The summed E-state index contributed by atoms with van der Waals surface area (Å²) in [6.45, 7) is 9.50. The van der Waals surface area contributed by atoms with E-state index in [4.69, 9.17) is 4.74 Å². The standard InChI is InChI=1S/C12H24N2O2/c1-9(13(5)6)10-7-14(8-10)11(15)16-12(2,3)4/h9-10H,7-8H2,1-6H3/t9-/m0/s1. The van der Waals surface area contributed by atoms with Crippen LogP contribution in [-0.4, -0.2) is 54.7 Å². The largest absolute Gasteiger partial charge is 0.444 e. The van der Waals surface area contributed by atoms with Gasteiger partial charge in [0.2, 0.25) is 0 Å². The molecule has 0 saturated carbocycles. The predicted octanol–water partition coefficient (Wildman–Crippen LogP) is 1.80. The molecule has 0 aromatic heterocycles. The summed E-state index contributed by atoms with van der Waals surface area (Å²) in [5.74, 6) is 0.572. The Morgan fingerprint density at radius 2 is 1.88 bits per heavy atom. The number of ether oxygens (including phenoxy) is 1. The first-order valence-corrected chi connectivity index (χ1v) is 5.85. The molecule has 1 heterocycles. The van der Waals surface area contributed by atoms with Crippen molar-refractivity contribution in [1.29, 1.82) is 0 Å². The van der Waals surface area contributed by atoms with Crippen LogP contribution in [0.5, 0.6) is 0 Å². The maximum atomic E-state index is 11.7. The highest BCUT2D eigenvalue weighted by Crippen LogP contribution is 2.23. The normalized spacial score (nSPS) is 19.6. The summed E-state index contributed by atoms with van der Waals surface area (Å²) in [7, 11) is 4.14. The maximum absolute atomic E-state index is 11.7. The van der Waals surface area contributed by atoms with E-state index in [0.29, 0.717) is 12.0 Å². The van der Waals surface area contributed by atoms with Crippen LogP contribution in [0.15, 0.2) is 0 Å². The summed E-state index contributed by atoms with van der Waals surface area (Å²) in [5, 5.41) is 0. The molecule has 1 saturated heterocycles. The van der Waals surface area contributed by atoms with Crippen LogP contribution in [0.1, 0.15) is 27.7 Å². The number of rotatable bonds is 2. The highest BCUT2D eigenvalue weighted by Gasteiger charge is 2.37. The van der Waals surface area contributed by atoms with Crippen LogP contribution < -0.4 is 0 Å². The molecule has 0 aromatic carbocycles. The molecular formula is C12H24N2O2. The van der Waals surface area contributed by atoms with E-state index in [-0.39, 0.29) is 6.09 Å². The quantitative estimate of drug-likeness (QED) is 0.722. The molecule has 1 fully saturated rings. The van der Waals surface area contributed by atoms with Gasteiger partial charge >= 0.3 is 6.09 Å². The lowest BCUT2D eigenvalue weighted by Gasteiger charge is -2.44.